The van der Waals surface area contributed by atoms with Crippen molar-refractivity contribution < 1.29 is 14.3 Å². The summed E-state index contributed by atoms with van der Waals surface area (Å²) in [6.45, 7) is 9.87. The van der Waals surface area contributed by atoms with Gasteiger partial charge in [-0.2, -0.15) is 0 Å². The molecule has 0 fully saturated rings. The van der Waals surface area contributed by atoms with Gasteiger partial charge in [-0.25, -0.2) is 0 Å². The average Bonchev–Trinajstić information content (AvgIpc) is 2.50. The van der Waals surface area contributed by atoms with E-state index in [1.807, 2.05) is 52.8 Å². The zero-order valence-electron chi connectivity index (χ0n) is 15.6. The second-order valence-electron chi connectivity index (χ2n) is 6.54. The highest BCUT2D eigenvalue weighted by molar-refractivity contribution is 5.87. The summed E-state index contributed by atoms with van der Waals surface area (Å²) in [5.74, 6) is 0.196. The largest absolute Gasteiger partial charge is 0.491 e. The Hall–Kier alpha value is -1.79. The van der Waals surface area contributed by atoms with Crippen molar-refractivity contribution in [3.8, 4) is 5.75 Å². The molecule has 6 nitrogen and oxygen atoms in total. The van der Waals surface area contributed by atoms with Crippen molar-refractivity contribution in [2.45, 2.75) is 53.3 Å². The summed E-state index contributed by atoms with van der Waals surface area (Å²) in [4.78, 5) is 23.6. The molecule has 0 radical (unpaired) electrons. The van der Waals surface area contributed by atoms with Gasteiger partial charge in [-0.15, -0.1) is 12.4 Å². The SMILES string of the molecule is Cc1ccc(CNC(=O)CNC(=O)[C@@H](N)C(C)C)c(OC(C)C)c1.Cl. The number of ether oxygens (including phenoxy) is 1. The first kappa shape index (κ1) is 23.2. The van der Waals surface area contributed by atoms with E-state index in [-0.39, 0.29) is 42.8 Å². The molecule has 0 saturated heterocycles. The number of nitrogens with two attached hydrogens (primary N) is 1. The molecule has 0 aliphatic heterocycles. The van der Waals surface area contributed by atoms with Crippen molar-refractivity contribution in [1.29, 1.82) is 0 Å². The molecule has 1 aromatic rings. The molecule has 0 aliphatic rings. The van der Waals surface area contributed by atoms with E-state index in [0.29, 0.717) is 6.54 Å². The van der Waals surface area contributed by atoms with Gasteiger partial charge in [0.25, 0.3) is 0 Å². The predicted molar refractivity (Wildman–Crippen MR) is 102 cm³/mol. The quantitative estimate of drug-likeness (QED) is 0.650. The predicted octanol–water partition coefficient (Wildman–Crippen LogP) is 1.92. The van der Waals surface area contributed by atoms with Crippen LogP contribution in [0.25, 0.3) is 0 Å². The highest BCUT2D eigenvalue weighted by Gasteiger charge is 2.17. The Morgan fingerprint density at radius 1 is 1.16 bits per heavy atom. The summed E-state index contributed by atoms with van der Waals surface area (Å²) in [5, 5.41) is 5.33. The Kier molecular flexibility index (Phi) is 10.2. The lowest BCUT2D eigenvalue weighted by atomic mass is 10.1. The van der Waals surface area contributed by atoms with Crippen LogP contribution in [0, 0.1) is 12.8 Å². The number of hydrogen-bond acceptors (Lipinski definition) is 4. The van der Waals surface area contributed by atoms with Crippen LogP contribution >= 0.6 is 12.4 Å². The summed E-state index contributed by atoms with van der Waals surface area (Å²) < 4.78 is 5.78. The van der Waals surface area contributed by atoms with E-state index in [9.17, 15) is 9.59 Å². The van der Waals surface area contributed by atoms with E-state index in [1.165, 1.54) is 0 Å². The van der Waals surface area contributed by atoms with Crippen LogP contribution in [0.15, 0.2) is 18.2 Å². The summed E-state index contributed by atoms with van der Waals surface area (Å²) in [7, 11) is 0. The van der Waals surface area contributed by atoms with Crippen molar-refractivity contribution in [2.24, 2.45) is 11.7 Å². The third-order valence-corrected chi connectivity index (χ3v) is 3.51. The van der Waals surface area contributed by atoms with Crippen LogP contribution < -0.4 is 21.1 Å². The molecule has 2 amide bonds. The summed E-state index contributed by atoms with van der Waals surface area (Å²) in [5.41, 5.74) is 7.72. The van der Waals surface area contributed by atoms with Crippen LogP contribution in [0.5, 0.6) is 5.75 Å². The van der Waals surface area contributed by atoms with E-state index >= 15 is 0 Å². The third-order valence-electron chi connectivity index (χ3n) is 3.51. The first-order valence-corrected chi connectivity index (χ1v) is 8.27. The van der Waals surface area contributed by atoms with E-state index in [1.54, 1.807) is 0 Å². The number of hydrogen-bond donors (Lipinski definition) is 3. The number of carbonyl (C=O) groups excluding carboxylic acids is 2. The molecule has 0 spiro atoms. The minimum absolute atomic E-state index is 0. The Morgan fingerprint density at radius 3 is 2.36 bits per heavy atom. The van der Waals surface area contributed by atoms with Gasteiger partial charge in [0.05, 0.1) is 18.7 Å². The van der Waals surface area contributed by atoms with Gasteiger partial charge in [0, 0.05) is 12.1 Å². The second-order valence-corrected chi connectivity index (χ2v) is 6.54. The van der Waals surface area contributed by atoms with Crippen molar-refractivity contribution in [2.75, 3.05) is 6.54 Å². The Morgan fingerprint density at radius 2 is 1.80 bits per heavy atom. The molecule has 142 valence electrons. The normalized spacial score (nSPS) is 11.7. The van der Waals surface area contributed by atoms with Crippen LogP contribution in [0.3, 0.4) is 0 Å². The lowest BCUT2D eigenvalue weighted by Crippen LogP contribution is -2.47. The molecule has 0 heterocycles. The zero-order valence-corrected chi connectivity index (χ0v) is 16.4. The van der Waals surface area contributed by atoms with Gasteiger partial charge in [-0.3, -0.25) is 9.59 Å². The second kappa shape index (κ2) is 10.9. The number of aryl methyl sites for hydroxylation is 1. The molecular formula is C18H30ClN3O3. The monoisotopic (exact) mass is 371 g/mol. The molecule has 0 unspecified atom stereocenters. The molecule has 1 rings (SSSR count). The Bertz CT molecular complexity index is 577. The lowest BCUT2D eigenvalue weighted by Gasteiger charge is -2.16. The fourth-order valence-electron chi connectivity index (χ4n) is 2.02. The molecule has 7 heteroatoms. The standard InChI is InChI=1S/C18H29N3O3.ClH/c1-11(2)17(19)18(23)21-10-16(22)20-9-14-7-6-13(5)8-15(14)24-12(3)4;/h6-8,11-12,17H,9-10,19H2,1-5H3,(H,20,22)(H,21,23);1H/t17-;/m0./s1. The molecule has 0 saturated carbocycles. The van der Waals surface area contributed by atoms with Gasteiger partial charge in [-0.1, -0.05) is 26.0 Å². The maximum Gasteiger partial charge on any atom is 0.239 e. The van der Waals surface area contributed by atoms with Crippen LogP contribution in [0.4, 0.5) is 0 Å². The number of halogens is 1. The fourth-order valence-corrected chi connectivity index (χ4v) is 2.02. The first-order chi connectivity index (χ1) is 11.2. The van der Waals surface area contributed by atoms with Crippen LogP contribution in [-0.2, 0) is 16.1 Å². The van der Waals surface area contributed by atoms with Gasteiger partial charge in [0.15, 0.2) is 0 Å². The third kappa shape index (κ3) is 8.23. The van der Waals surface area contributed by atoms with E-state index < -0.39 is 6.04 Å². The van der Waals surface area contributed by atoms with E-state index in [4.69, 9.17) is 10.5 Å². The summed E-state index contributed by atoms with van der Waals surface area (Å²) in [6, 6.07) is 5.24. The molecular weight excluding hydrogens is 342 g/mol. The van der Waals surface area contributed by atoms with Gasteiger partial charge < -0.3 is 21.1 Å². The van der Waals surface area contributed by atoms with Gasteiger partial charge in [0.2, 0.25) is 11.8 Å². The minimum Gasteiger partial charge on any atom is -0.491 e. The van der Waals surface area contributed by atoms with Crippen molar-refractivity contribution >= 4 is 24.2 Å². The Labute approximate surface area is 156 Å². The molecule has 4 N–H and O–H groups in total. The number of carbonyl (C=O) groups is 2. The summed E-state index contributed by atoms with van der Waals surface area (Å²) >= 11 is 0. The van der Waals surface area contributed by atoms with Gasteiger partial charge >= 0.3 is 0 Å². The topological polar surface area (TPSA) is 93.5 Å². The fraction of sp³-hybridized carbons (Fsp3) is 0.556. The number of amides is 2. The van der Waals surface area contributed by atoms with E-state index in [0.717, 1.165) is 16.9 Å². The van der Waals surface area contributed by atoms with E-state index in [2.05, 4.69) is 10.6 Å². The summed E-state index contributed by atoms with van der Waals surface area (Å²) in [6.07, 6.45) is 0.0538. The molecule has 0 aromatic heterocycles. The molecule has 0 bridgehead atoms. The van der Waals surface area contributed by atoms with Crippen LogP contribution in [-0.4, -0.2) is 30.5 Å². The van der Waals surface area contributed by atoms with Crippen LogP contribution in [0.2, 0.25) is 0 Å². The zero-order chi connectivity index (χ0) is 18.3. The minimum atomic E-state index is -0.610. The first-order valence-electron chi connectivity index (χ1n) is 8.27. The maximum absolute atomic E-state index is 11.9. The van der Waals surface area contributed by atoms with Crippen molar-refractivity contribution in [1.82, 2.24) is 10.6 Å². The molecule has 25 heavy (non-hydrogen) atoms. The molecule has 1 aromatic carbocycles. The Balaban J connectivity index is 0.00000576. The van der Waals surface area contributed by atoms with Crippen LogP contribution in [0.1, 0.15) is 38.8 Å². The average molecular weight is 372 g/mol. The molecule has 0 aliphatic carbocycles. The smallest absolute Gasteiger partial charge is 0.239 e. The number of nitrogens with one attached hydrogen (secondary N) is 2. The highest BCUT2D eigenvalue weighted by Crippen LogP contribution is 2.21. The molecule has 1 atom stereocenters. The van der Waals surface area contributed by atoms with Gasteiger partial charge in [0.1, 0.15) is 5.75 Å². The maximum atomic E-state index is 11.9. The number of benzene rings is 1. The van der Waals surface area contributed by atoms with Crippen molar-refractivity contribution in [3.05, 3.63) is 29.3 Å². The van der Waals surface area contributed by atoms with Crippen molar-refractivity contribution in [3.63, 3.8) is 0 Å². The van der Waals surface area contributed by atoms with Gasteiger partial charge in [-0.05, 0) is 38.3 Å². The lowest BCUT2D eigenvalue weighted by molar-refractivity contribution is -0.127. The number of rotatable bonds is 8. The highest BCUT2D eigenvalue weighted by atomic mass is 35.5.